The van der Waals surface area contributed by atoms with E-state index in [4.69, 9.17) is 9.94 Å². The Kier molecular flexibility index (Phi) is 4.69. The number of hydrogen-bond acceptors (Lipinski definition) is 5. The maximum absolute atomic E-state index is 11.8. The summed E-state index contributed by atoms with van der Waals surface area (Å²) in [6, 6.07) is 12.4. The minimum Gasteiger partial charge on any atom is -0.733 e. The summed E-state index contributed by atoms with van der Waals surface area (Å²) in [5, 5.41) is 20.0. The van der Waals surface area contributed by atoms with Gasteiger partial charge < -0.3 is 20.1 Å². The van der Waals surface area contributed by atoms with Crippen LogP contribution in [0.25, 0.3) is 11.1 Å². The van der Waals surface area contributed by atoms with Gasteiger partial charge >= 0.3 is 0 Å². The molecule has 3 rings (SSSR count). The SMILES string of the molecule is COc1ccc(CN2CCCC2=O)cc1-c1cccc(N([O-])O)c1. The fraction of sp³-hybridized carbons (Fsp3) is 0.278. The molecule has 6 nitrogen and oxygen atoms in total. The molecular weight excluding hydrogens is 308 g/mol. The second-order valence-electron chi connectivity index (χ2n) is 5.78. The molecule has 126 valence electrons. The van der Waals surface area contributed by atoms with Gasteiger partial charge in [0.05, 0.1) is 12.8 Å². The van der Waals surface area contributed by atoms with E-state index in [0.29, 0.717) is 18.7 Å². The molecule has 0 unspecified atom stereocenters. The smallest absolute Gasteiger partial charge is 0.222 e. The van der Waals surface area contributed by atoms with Crippen molar-refractivity contribution in [3.8, 4) is 16.9 Å². The standard InChI is InChI=1S/C18H19N2O4/c1-24-17-8-7-13(12-19-9-3-6-18(19)21)10-16(17)14-4-2-5-15(11-14)20(22)23/h2,4-5,7-8,10-11,22H,3,6,9,12H2,1H3/q-1. The van der Waals surface area contributed by atoms with Gasteiger partial charge in [0.25, 0.3) is 0 Å². The molecule has 1 heterocycles. The molecule has 6 heteroatoms. The van der Waals surface area contributed by atoms with Crippen molar-refractivity contribution in [1.82, 2.24) is 4.90 Å². The molecule has 0 saturated carbocycles. The van der Waals surface area contributed by atoms with Crippen LogP contribution >= 0.6 is 0 Å². The molecule has 1 aliphatic heterocycles. The molecule has 24 heavy (non-hydrogen) atoms. The molecule has 0 radical (unpaired) electrons. The highest BCUT2D eigenvalue weighted by molar-refractivity contribution is 5.78. The molecule has 0 spiro atoms. The number of nitrogens with zero attached hydrogens (tertiary/aromatic N) is 2. The van der Waals surface area contributed by atoms with E-state index in [1.165, 1.54) is 6.07 Å². The van der Waals surface area contributed by atoms with Crippen molar-refractivity contribution >= 4 is 11.6 Å². The number of amides is 1. The van der Waals surface area contributed by atoms with Crippen LogP contribution in [0, 0.1) is 5.21 Å². The van der Waals surface area contributed by atoms with Crippen molar-refractivity contribution in [2.75, 3.05) is 18.9 Å². The number of rotatable bonds is 5. The zero-order valence-electron chi connectivity index (χ0n) is 13.4. The predicted octanol–water partition coefficient (Wildman–Crippen LogP) is 3.18. The number of anilines is 1. The Morgan fingerprint density at radius 1 is 1.29 bits per heavy atom. The van der Waals surface area contributed by atoms with Crippen LogP contribution in [0.1, 0.15) is 18.4 Å². The fourth-order valence-corrected chi connectivity index (χ4v) is 2.96. The third-order valence-corrected chi connectivity index (χ3v) is 4.19. The molecule has 0 aromatic heterocycles. The predicted molar refractivity (Wildman–Crippen MR) is 90.7 cm³/mol. The summed E-state index contributed by atoms with van der Waals surface area (Å²) in [6.07, 6.45) is 1.51. The monoisotopic (exact) mass is 327 g/mol. The van der Waals surface area contributed by atoms with Crippen molar-refractivity contribution in [3.05, 3.63) is 53.2 Å². The zero-order chi connectivity index (χ0) is 17.1. The van der Waals surface area contributed by atoms with E-state index in [1.54, 1.807) is 19.2 Å². The average Bonchev–Trinajstić information content (AvgIpc) is 3.00. The Morgan fingerprint density at radius 2 is 2.12 bits per heavy atom. The molecule has 1 aliphatic rings. The molecule has 1 N–H and O–H groups in total. The number of methoxy groups -OCH3 is 1. The highest BCUT2D eigenvalue weighted by Gasteiger charge is 2.20. The van der Waals surface area contributed by atoms with Crippen molar-refractivity contribution < 1.29 is 14.7 Å². The summed E-state index contributed by atoms with van der Waals surface area (Å²) >= 11 is 0. The molecule has 0 bridgehead atoms. The topological polar surface area (TPSA) is 76.1 Å². The lowest BCUT2D eigenvalue weighted by molar-refractivity contribution is -0.128. The third-order valence-electron chi connectivity index (χ3n) is 4.19. The van der Waals surface area contributed by atoms with Gasteiger partial charge in [0.2, 0.25) is 5.91 Å². The first kappa shape index (κ1) is 16.3. The third kappa shape index (κ3) is 3.34. The lowest BCUT2D eigenvalue weighted by atomic mass is 10.0. The number of carbonyl (C=O) groups is 1. The van der Waals surface area contributed by atoms with Crippen molar-refractivity contribution in [3.63, 3.8) is 0 Å². The molecule has 0 aliphatic carbocycles. The van der Waals surface area contributed by atoms with Crippen LogP contribution in [-0.2, 0) is 11.3 Å². The van der Waals surface area contributed by atoms with E-state index >= 15 is 0 Å². The number of ether oxygens (including phenoxy) is 1. The quantitative estimate of drug-likeness (QED) is 0.854. The van der Waals surface area contributed by atoms with Gasteiger partial charge in [-0.15, -0.1) is 0 Å². The van der Waals surface area contributed by atoms with Gasteiger partial charge in [-0.05, 0) is 41.8 Å². The Balaban J connectivity index is 1.95. The lowest BCUT2D eigenvalue weighted by Crippen LogP contribution is -2.23. The molecule has 1 saturated heterocycles. The maximum Gasteiger partial charge on any atom is 0.222 e. The van der Waals surface area contributed by atoms with Crippen LogP contribution in [-0.4, -0.2) is 29.7 Å². The fourth-order valence-electron chi connectivity index (χ4n) is 2.96. The Hall–Kier alpha value is -2.57. The molecule has 0 atom stereocenters. The highest BCUT2D eigenvalue weighted by Crippen LogP contribution is 2.33. The maximum atomic E-state index is 11.8. The van der Waals surface area contributed by atoms with Crippen molar-refractivity contribution in [1.29, 1.82) is 0 Å². The minimum absolute atomic E-state index is 0.148. The number of likely N-dealkylation sites (tertiary alicyclic amines) is 1. The summed E-state index contributed by atoms with van der Waals surface area (Å²) in [5.41, 5.74) is 2.71. The molecular formula is C18H19N2O4-. The highest BCUT2D eigenvalue weighted by atomic mass is 16.8. The Morgan fingerprint density at radius 3 is 2.79 bits per heavy atom. The van der Waals surface area contributed by atoms with Crippen molar-refractivity contribution in [2.45, 2.75) is 19.4 Å². The summed E-state index contributed by atoms with van der Waals surface area (Å²) in [4.78, 5) is 13.7. The van der Waals surface area contributed by atoms with E-state index in [-0.39, 0.29) is 16.8 Å². The van der Waals surface area contributed by atoms with Crippen molar-refractivity contribution in [2.24, 2.45) is 0 Å². The normalized spacial score (nSPS) is 14.1. The first-order valence-electron chi connectivity index (χ1n) is 7.80. The van der Waals surface area contributed by atoms with Crippen LogP contribution in [0.15, 0.2) is 42.5 Å². The molecule has 1 fully saturated rings. The summed E-state index contributed by atoms with van der Waals surface area (Å²) < 4.78 is 5.41. The van der Waals surface area contributed by atoms with E-state index in [1.807, 2.05) is 29.2 Å². The van der Waals surface area contributed by atoms with Gasteiger partial charge in [0, 0.05) is 25.1 Å². The largest absolute Gasteiger partial charge is 0.733 e. The van der Waals surface area contributed by atoms with E-state index in [0.717, 1.165) is 29.7 Å². The van der Waals surface area contributed by atoms with Crippen LogP contribution in [0.2, 0.25) is 0 Å². The van der Waals surface area contributed by atoms with Crippen LogP contribution in [0.4, 0.5) is 5.69 Å². The number of carbonyl (C=O) groups excluding carboxylic acids is 1. The average molecular weight is 327 g/mol. The summed E-state index contributed by atoms with van der Waals surface area (Å²) in [6.45, 7) is 1.34. The van der Waals surface area contributed by atoms with Gasteiger partial charge in [0.15, 0.2) is 0 Å². The number of benzene rings is 2. The first-order valence-corrected chi connectivity index (χ1v) is 7.80. The Bertz CT molecular complexity index is 746. The van der Waals surface area contributed by atoms with Crippen LogP contribution in [0.3, 0.4) is 0 Å². The Labute approximate surface area is 140 Å². The lowest BCUT2D eigenvalue weighted by Gasteiger charge is -2.22. The molecule has 1 amide bonds. The van der Waals surface area contributed by atoms with Gasteiger partial charge in [-0.2, -0.15) is 0 Å². The van der Waals surface area contributed by atoms with E-state index < -0.39 is 0 Å². The second kappa shape index (κ2) is 6.90. The zero-order valence-corrected chi connectivity index (χ0v) is 13.4. The molecule has 2 aromatic carbocycles. The van der Waals surface area contributed by atoms with Crippen LogP contribution in [0.5, 0.6) is 5.75 Å². The van der Waals surface area contributed by atoms with Gasteiger partial charge in [-0.1, -0.05) is 18.2 Å². The van der Waals surface area contributed by atoms with E-state index in [9.17, 15) is 10.0 Å². The van der Waals surface area contributed by atoms with Gasteiger partial charge in [-0.25, -0.2) is 0 Å². The second-order valence-corrected chi connectivity index (χ2v) is 5.78. The van der Waals surface area contributed by atoms with E-state index in [2.05, 4.69) is 0 Å². The summed E-state index contributed by atoms with van der Waals surface area (Å²) in [7, 11) is 1.58. The molecule has 2 aromatic rings. The first-order chi connectivity index (χ1) is 11.6. The summed E-state index contributed by atoms with van der Waals surface area (Å²) in [5.74, 6) is 0.843. The van der Waals surface area contributed by atoms with Gasteiger partial charge in [0.1, 0.15) is 5.75 Å². The van der Waals surface area contributed by atoms with Crippen LogP contribution < -0.4 is 9.96 Å². The minimum atomic E-state index is -0.164. The van der Waals surface area contributed by atoms with Gasteiger partial charge in [-0.3, -0.25) is 10.0 Å². The number of hydrogen-bond donors (Lipinski definition) is 1.